The van der Waals surface area contributed by atoms with E-state index in [2.05, 4.69) is 15.3 Å². The lowest BCUT2D eigenvalue weighted by atomic mass is 10.2. The summed E-state index contributed by atoms with van der Waals surface area (Å²) < 4.78 is 10.3. The Hall–Kier alpha value is -2.18. The van der Waals surface area contributed by atoms with Crippen LogP contribution < -0.4 is 5.32 Å². The van der Waals surface area contributed by atoms with Gasteiger partial charge in [0.2, 0.25) is 5.91 Å². The van der Waals surface area contributed by atoms with E-state index in [1.54, 1.807) is 7.11 Å². The van der Waals surface area contributed by atoms with Gasteiger partial charge < -0.3 is 19.8 Å². The monoisotopic (exact) mass is 345 g/mol. The molecule has 6 nitrogen and oxygen atoms in total. The first-order valence-electron chi connectivity index (χ1n) is 8.71. The number of nitrogens with one attached hydrogen (secondary N) is 2. The van der Waals surface area contributed by atoms with Crippen molar-refractivity contribution in [1.29, 1.82) is 0 Å². The molecule has 6 heteroatoms. The number of ether oxygens (including phenoxy) is 2. The zero-order chi connectivity index (χ0) is 17.9. The molecule has 136 valence electrons. The highest BCUT2D eigenvalue weighted by Crippen LogP contribution is 2.20. The molecule has 1 aromatic heterocycles. The first kappa shape index (κ1) is 19.1. The fourth-order valence-electron chi connectivity index (χ4n) is 2.49. The third kappa shape index (κ3) is 6.32. The maximum absolute atomic E-state index is 12.1. The van der Waals surface area contributed by atoms with E-state index in [0.29, 0.717) is 32.7 Å². The molecule has 0 aliphatic rings. The molecule has 2 N–H and O–H groups in total. The van der Waals surface area contributed by atoms with Gasteiger partial charge in [0.1, 0.15) is 5.82 Å². The standard InChI is InChI=1S/C19H27N3O3/c1-3-16(21-18(23)10-7-11-25-13-12-24-2)19-20-14-17(22-19)15-8-5-4-6-9-15/h4-6,8-9,14,16H,3,7,10-13H2,1-2H3,(H,20,22)(H,21,23). The van der Waals surface area contributed by atoms with Crippen LogP contribution in [0.2, 0.25) is 0 Å². The lowest BCUT2D eigenvalue weighted by Gasteiger charge is -2.14. The quantitative estimate of drug-likeness (QED) is 0.614. The second-order valence-electron chi connectivity index (χ2n) is 5.79. The molecule has 2 rings (SSSR count). The predicted octanol–water partition coefficient (Wildman–Crippen LogP) is 3.09. The topological polar surface area (TPSA) is 76.2 Å². The average Bonchev–Trinajstić information content (AvgIpc) is 3.13. The predicted molar refractivity (Wildman–Crippen MR) is 97.1 cm³/mol. The van der Waals surface area contributed by atoms with Crippen LogP contribution in [0.15, 0.2) is 36.5 Å². The number of amides is 1. The van der Waals surface area contributed by atoms with E-state index in [1.807, 2.05) is 43.5 Å². The van der Waals surface area contributed by atoms with Crippen LogP contribution in [0.4, 0.5) is 0 Å². The number of hydrogen-bond donors (Lipinski definition) is 2. The van der Waals surface area contributed by atoms with Gasteiger partial charge in [-0.3, -0.25) is 4.79 Å². The summed E-state index contributed by atoms with van der Waals surface area (Å²) in [5.41, 5.74) is 2.03. The van der Waals surface area contributed by atoms with Crippen LogP contribution in [0.3, 0.4) is 0 Å². The van der Waals surface area contributed by atoms with Crippen molar-refractivity contribution >= 4 is 5.91 Å². The van der Waals surface area contributed by atoms with Crippen molar-refractivity contribution in [3.63, 3.8) is 0 Å². The van der Waals surface area contributed by atoms with Gasteiger partial charge >= 0.3 is 0 Å². The molecule has 1 unspecified atom stereocenters. The van der Waals surface area contributed by atoms with Crippen molar-refractivity contribution in [2.24, 2.45) is 0 Å². The first-order valence-corrected chi connectivity index (χ1v) is 8.71. The molecule has 1 atom stereocenters. The van der Waals surface area contributed by atoms with Gasteiger partial charge in [-0.15, -0.1) is 0 Å². The normalized spacial score (nSPS) is 12.1. The number of aromatic amines is 1. The Morgan fingerprint density at radius 2 is 2.04 bits per heavy atom. The summed E-state index contributed by atoms with van der Waals surface area (Å²) in [5.74, 6) is 0.797. The smallest absolute Gasteiger partial charge is 0.220 e. The average molecular weight is 345 g/mol. The van der Waals surface area contributed by atoms with Crippen LogP contribution in [-0.2, 0) is 14.3 Å². The minimum absolute atomic E-state index is 0.0138. The van der Waals surface area contributed by atoms with Crippen molar-refractivity contribution < 1.29 is 14.3 Å². The largest absolute Gasteiger partial charge is 0.382 e. The van der Waals surface area contributed by atoms with Crippen molar-refractivity contribution in [1.82, 2.24) is 15.3 Å². The Morgan fingerprint density at radius 1 is 1.24 bits per heavy atom. The molecular formula is C19H27N3O3. The van der Waals surface area contributed by atoms with E-state index in [0.717, 1.165) is 23.5 Å². The maximum Gasteiger partial charge on any atom is 0.220 e. The fraction of sp³-hybridized carbons (Fsp3) is 0.474. The first-order chi connectivity index (χ1) is 12.2. The SMILES string of the molecule is CCC(NC(=O)CCCOCCOC)c1ncc(-c2ccccc2)[nH]1. The highest BCUT2D eigenvalue weighted by molar-refractivity contribution is 5.76. The number of carbonyl (C=O) groups excluding carboxylic acids is 1. The Balaban J connectivity index is 1.81. The second kappa shape index (κ2) is 10.6. The van der Waals surface area contributed by atoms with E-state index in [4.69, 9.17) is 9.47 Å². The molecule has 0 radical (unpaired) electrons. The van der Waals surface area contributed by atoms with Gasteiger partial charge in [-0.25, -0.2) is 4.98 Å². The molecule has 2 aromatic rings. The van der Waals surface area contributed by atoms with Gasteiger partial charge in [-0.2, -0.15) is 0 Å². The molecule has 25 heavy (non-hydrogen) atoms. The zero-order valence-electron chi connectivity index (χ0n) is 15.0. The van der Waals surface area contributed by atoms with E-state index in [-0.39, 0.29) is 11.9 Å². The molecule has 0 spiro atoms. The van der Waals surface area contributed by atoms with Gasteiger partial charge in [0, 0.05) is 20.1 Å². The van der Waals surface area contributed by atoms with Crippen LogP contribution in [0.5, 0.6) is 0 Å². The number of nitrogens with zero attached hydrogens (tertiary/aromatic N) is 1. The Kier molecular flexibility index (Phi) is 8.15. The van der Waals surface area contributed by atoms with Gasteiger partial charge in [0.15, 0.2) is 0 Å². The molecule has 0 aliphatic carbocycles. The van der Waals surface area contributed by atoms with E-state index in [1.165, 1.54) is 0 Å². The molecule has 0 aliphatic heterocycles. The summed E-state index contributed by atoms with van der Waals surface area (Å²) in [6, 6.07) is 9.91. The van der Waals surface area contributed by atoms with Crippen molar-refractivity contribution in [3.8, 4) is 11.3 Å². The second-order valence-corrected chi connectivity index (χ2v) is 5.79. The Morgan fingerprint density at radius 3 is 2.76 bits per heavy atom. The van der Waals surface area contributed by atoms with Crippen molar-refractivity contribution in [2.75, 3.05) is 26.9 Å². The molecule has 0 saturated heterocycles. The number of rotatable bonds is 11. The Bertz CT molecular complexity index is 628. The highest BCUT2D eigenvalue weighted by Gasteiger charge is 2.16. The van der Waals surface area contributed by atoms with Crippen LogP contribution in [0.25, 0.3) is 11.3 Å². The third-order valence-corrected chi connectivity index (χ3v) is 3.88. The number of H-pyrrole nitrogens is 1. The van der Waals surface area contributed by atoms with Gasteiger partial charge in [-0.1, -0.05) is 37.3 Å². The lowest BCUT2D eigenvalue weighted by Crippen LogP contribution is -2.28. The maximum atomic E-state index is 12.1. The number of carbonyl (C=O) groups is 1. The van der Waals surface area contributed by atoms with Crippen LogP contribution in [0, 0.1) is 0 Å². The van der Waals surface area contributed by atoms with E-state index < -0.39 is 0 Å². The number of imidazole rings is 1. The molecule has 1 heterocycles. The summed E-state index contributed by atoms with van der Waals surface area (Å²) in [6.45, 7) is 3.73. The van der Waals surface area contributed by atoms with Crippen molar-refractivity contribution in [3.05, 3.63) is 42.4 Å². The van der Waals surface area contributed by atoms with Crippen LogP contribution in [0.1, 0.15) is 38.1 Å². The molecule has 0 saturated carbocycles. The molecular weight excluding hydrogens is 318 g/mol. The Labute approximate surface area is 149 Å². The zero-order valence-corrected chi connectivity index (χ0v) is 15.0. The van der Waals surface area contributed by atoms with Gasteiger partial charge in [0.25, 0.3) is 0 Å². The van der Waals surface area contributed by atoms with Gasteiger partial charge in [-0.05, 0) is 18.4 Å². The number of methoxy groups -OCH3 is 1. The van der Waals surface area contributed by atoms with Crippen molar-refractivity contribution in [2.45, 2.75) is 32.2 Å². The summed E-state index contributed by atoms with van der Waals surface area (Å²) in [4.78, 5) is 19.9. The summed E-state index contributed by atoms with van der Waals surface area (Å²) in [7, 11) is 1.64. The summed E-state index contributed by atoms with van der Waals surface area (Å²) >= 11 is 0. The molecule has 0 fully saturated rings. The van der Waals surface area contributed by atoms with E-state index >= 15 is 0 Å². The fourth-order valence-corrected chi connectivity index (χ4v) is 2.49. The minimum atomic E-state index is -0.112. The lowest BCUT2D eigenvalue weighted by molar-refractivity contribution is -0.122. The number of benzene rings is 1. The van der Waals surface area contributed by atoms with Gasteiger partial charge in [0.05, 0.1) is 31.1 Å². The van der Waals surface area contributed by atoms with E-state index in [9.17, 15) is 4.79 Å². The third-order valence-electron chi connectivity index (χ3n) is 3.88. The number of hydrogen-bond acceptors (Lipinski definition) is 4. The summed E-state index contributed by atoms with van der Waals surface area (Å²) in [5, 5.41) is 3.04. The molecule has 1 amide bonds. The van der Waals surface area contributed by atoms with Crippen LogP contribution in [-0.4, -0.2) is 42.8 Å². The minimum Gasteiger partial charge on any atom is -0.382 e. The summed E-state index contributed by atoms with van der Waals surface area (Å²) in [6.07, 6.45) is 3.72. The highest BCUT2D eigenvalue weighted by atomic mass is 16.5. The molecule has 1 aromatic carbocycles. The van der Waals surface area contributed by atoms with Crippen LogP contribution >= 0.6 is 0 Å². The molecule has 0 bridgehead atoms. The number of aromatic nitrogens is 2.